The number of H-pyrrole nitrogens is 1. The Hall–Kier alpha value is -3.13. The molecule has 0 radical (unpaired) electrons. The topological polar surface area (TPSA) is 81.4 Å². The summed E-state index contributed by atoms with van der Waals surface area (Å²) in [4.78, 5) is 15.8. The van der Waals surface area contributed by atoms with Gasteiger partial charge in [0.25, 0.3) is 5.56 Å². The first-order valence-electron chi connectivity index (χ1n) is 6.82. The van der Waals surface area contributed by atoms with Gasteiger partial charge in [-0.05, 0) is 59.0 Å². The predicted molar refractivity (Wildman–Crippen MR) is 87.4 cm³/mol. The van der Waals surface area contributed by atoms with Crippen molar-refractivity contribution in [1.29, 1.82) is 0 Å². The summed E-state index contributed by atoms with van der Waals surface area (Å²) in [5, 5.41) is 11.6. The highest BCUT2D eigenvalue weighted by atomic mass is 32.1. The minimum atomic E-state index is -0.153. The van der Waals surface area contributed by atoms with Crippen LogP contribution in [0.25, 0.3) is 22.3 Å². The standard InChI is InChI=1S/C15H10N6OS/c22-14-12-3-1-2-4-13(12)17-15(23)21(14)11-7-5-10(6-8-11)20-9-16-18-19-20/h1-9H,(H,17,23). The first kappa shape index (κ1) is 13.5. The molecule has 0 aliphatic rings. The van der Waals surface area contributed by atoms with Crippen LogP contribution in [-0.2, 0) is 0 Å². The summed E-state index contributed by atoms with van der Waals surface area (Å²) in [5.74, 6) is 0. The summed E-state index contributed by atoms with van der Waals surface area (Å²) in [6.45, 7) is 0. The molecule has 0 aliphatic heterocycles. The van der Waals surface area contributed by atoms with E-state index in [2.05, 4.69) is 20.5 Å². The summed E-state index contributed by atoms with van der Waals surface area (Å²) < 4.78 is 3.36. The molecule has 0 bridgehead atoms. The van der Waals surface area contributed by atoms with Gasteiger partial charge in [0.15, 0.2) is 4.77 Å². The van der Waals surface area contributed by atoms with Crippen molar-refractivity contribution in [3.8, 4) is 11.4 Å². The van der Waals surface area contributed by atoms with Gasteiger partial charge in [0.05, 0.1) is 22.3 Å². The molecular weight excluding hydrogens is 312 g/mol. The molecule has 112 valence electrons. The van der Waals surface area contributed by atoms with Crippen molar-refractivity contribution in [2.24, 2.45) is 0 Å². The van der Waals surface area contributed by atoms with E-state index in [1.165, 1.54) is 15.6 Å². The van der Waals surface area contributed by atoms with Gasteiger partial charge in [0, 0.05) is 0 Å². The fraction of sp³-hybridized carbons (Fsp3) is 0. The van der Waals surface area contributed by atoms with E-state index in [4.69, 9.17) is 12.2 Å². The van der Waals surface area contributed by atoms with Crippen molar-refractivity contribution >= 4 is 23.1 Å². The zero-order valence-electron chi connectivity index (χ0n) is 11.7. The summed E-state index contributed by atoms with van der Waals surface area (Å²) in [5.41, 5.74) is 2.05. The average molecular weight is 322 g/mol. The maximum Gasteiger partial charge on any atom is 0.266 e. The molecule has 8 heteroatoms. The van der Waals surface area contributed by atoms with Gasteiger partial charge in [0.1, 0.15) is 6.33 Å². The third-order valence-electron chi connectivity index (χ3n) is 3.53. The fourth-order valence-corrected chi connectivity index (χ4v) is 2.73. The maximum atomic E-state index is 12.7. The number of hydrogen-bond donors (Lipinski definition) is 1. The van der Waals surface area contributed by atoms with Gasteiger partial charge >= 0.3 is 0 Å². The lowest BCUT2D eigenvalue weighted by Crippen LogP contribution is -2.20. The number of aromatic nitrogens is 6. The van der Waals surface area contributed by atoms with Crippen molar-refractivity contribution < 1.29 is 0 Å². The molecule has 0 fully saturated rings. The molecule has 7 nitrogen and oxygen atoms in total. The Kier molecular flexibility index (Phi) is 3.09. The van der Waals surface area contributed by atoms with E-state index >= 15 is 0 Å². The molecule has 2 heterocycles. The number of rotatable bonds is 2. The molecule has 0 unspecified atom stereocenters. The number of benzene rings is 2. The zero-order valence-corrected chi connectivity index (χ0v) is 12.6. The van der Waals surface area contributed by atoms with E-state index in [1.54, 1.807) is 18.2 Å². The molecular formula is C15H10N6OS. The van der Waals surface area contributed by atoms with Gasteiger partial charge in [-0.15, -0.1) is 5.10 Å². The van der Waals surface area contributed by atoms with Crippen LogP contribution in [0.2, 0.25) is 0 Å². The molecule has 2 aromatic carbocycles. The van der Waals surface area contributed by atoms with Crippen LogP contribution in [0.1, 0.15) is 0 Å². The number of fused-ring (bicyclic) bond motifs is 1. The van der Waals surface area contributed by atoms with Crippen molar-refractivity contribution in [2.75, 3.05) is 0 Å². The molecule has 2 aromatic heterocycles. The highest BCUT2D eigenvalue weighted by molar-refractivity contribution is 7.71. The Bertz CT molecular complexity index is 1100. The Labute approximate surface area is 134 Å². The van der Waals surface area contributed by atoms with E-state index in [1.807, 2.05) is 30.3 Å². The smallest absolute Gasteiger partial charge is 0.266 e. The lowest BCUT2D eigenvalue weighted by atomic mass is 10.2. The lowest BCUT2D eigenvalue weighted by Gasteiger charge is -2.08. The van der Waals surface area contributed by atoms with Crippen LogP contribution >= 0.6 is 12.2 Å². The number of tetrazole rings is 1. The Morgan fingerprint density at radius 1 is 1.00 bits per heavy atom. The minimum absolute atomic E-state index is 0.153. The van der Waals surface area contributed by atoms with E-state index in [9.17, 15) is 4.79 Å². The quantitative estimate of drug-likeness (QED) is 0.571. The molecule has 0 aliphatic carbocycles. The second kappa shape index (κ2) is 5.25. The first-order chi connectivity index (χ1) is 11.2. The number of nitrogens with one attached hydrogen (secondary N) is 1. The van der Waals surface area contributed by atoms with Crippen molar-refractivity contribution in [3.63, 3.8) is 0 Å². The summed E-state index contributed by atoms with van der Waals surface area (Å²) in [6, 6.07) is 14.5. The molecule has 0 saturated heterocycles. The zero-order chi connectivity index (χ0) is 15.8. The van der Waals surface area contributed by atoms with Crippen LogP contribution in [0.15, 0.2) is 59.7 Å². The van der Waals surface area contributed by atoms with Gasteiger partial charge < -0.3 is 4.98 Å². The van der Waals surface area contributed by atoms with Crippen LogP contribution < -0.4 is 5.56 Å². The first-order valence-corrected chi connectivity index (χ1v) is 7.23. The summed E-state index contributed by atoms with van der Waals surface area (Å²) in [6.07, 6.45) is 1.50. The third kappa shape index (κ3) is 2.25. The molecule has 4 rings (SSSR count). The summed E-state index contributed by atoms with van der Waals surface area (Å²) >= 11 is 5.33. The van der Waals surface area contributed by atoms with Gasteiger partial charge in [-0.25, -0.2) is 4.68 Å². The SMILES string of the molecule is O=c1c2ccccc2[nH]c(=S)n1-c1ccc(-n2cnnn2)cc1. The van der Waals surface area contributed by atoms with Crippen LogP contribution in [0.5, 0.6) is 0 Å². The molecule has 0 spiro atoms. The Morgan fingerprint density at radius 2 is 1.74 bits per heavy atom. The molecule has 0 amide bonds. The maximum absolute atomic E-state index is 12.7. The normalized spacial score (nSPS) is 11.0. The average Bonchev–Trinajstić information content (AvgIpc) is 3.10. The predicted octanol–water partition coefficient (Wildman–Crippen LogP) is 2.02. The Balaban J connectivity index is 1.89. The second-order valence-electron chi connectivity index (χ2n) is 4.89. The van der Waals surface area contributed by atoms with Crippen molar-refractivity contribution in [2.45, 2.75) is 0 Å². The van der Waals surface area contributed by atoms with E-state index in [0.29, 0.717) is 15.8 Å². The van der Waals surface area contributed by atoms with Crippen LogP contribution in [-0.4, -0.2) is 29.8 Å². The summed E-state index contributed by atoms with van der Waals surface area (Å²) in [7, 11) is 0. The molecule has 0 saturated carbocycles. The van der Waals surface area contributed by atoms with E-state index in [-0.39, 0.29) is 5.56 Å². The van der Waals surface area contributed by atoms with E-state index in [0.717, 1.165) is 11.2 Å². The van der Waals surface area contributed by atoms with E-state index < -0.39 is 0 Å². The largest absolute Gasteiger partial charge is 0.331 e. The lowest BCUT2D eigenvalue weighted by molar-refractivity contribution is 0.788. The van der Waals surface area contributed by atoms with Crippen LogP contribution in [0.4, 0.5) is 0 Å². The third-order valence-corrected chi connectivity index (χ3v) is 3.81. The van der Waals surface area contributed by atoms with Crippen molar-refractivity contribution in [1.82, 2.24) is 29.8 Å². The van der Waals surface area contributed by atoms with Gasteiger partial charge in [-0.1, -0.05) is 12.1 Å². The van der Waals surface area contributed by atoms with Crippen LogP contribution in [0.3, 0.4) is 0 Å². The highest BCUT2D eigenvalue weighted by Crippen LogP contribution is 2.13. The number of hydrogen-bond acceptors (Lipinski definition) is 5. The monoisotopic (exact) mass is 322 g/mol. The Morgan fingerprint density at radius 3 is 2.48 bits per heavy atom. The number of aromatic amines is 1. The minimum Gasteiger partial charge on any atom is -0.331 e. The van der Waals surface area contributed by atoms with Gasteiger partial charge in [0.2, 0.25) is 0 Å². The highest BCUT2D eigenvalue weighted by Gasteiger charge is 2.07. The molecule has 1 N–H and O–H groups in total. The molecule has 4 aromatic rings. The molecule has 23 heavy (non-hydrogen) atoms. The molecule has 0 atom stereocenters. The van der Waals surface area contributed by atoms with Gasteiger partial charge in [-0.2, -0.15) is 0 Å². The van der Waals surface area contributed by atoms with Gasteiger partial charge in [-0.3, -0.25) is 9.36 Å². The van der Waals surface area contributed by atoms with Crippen LogP contribution in [0, 0.1) is 4.77 Å². The number of para-hydroxylation sites is 1. The fourth-order valence-electron chi connectivity index (χ4n) is 2.43. The number of nitrogens with zero attached hydrogens (tertiary/aromatic N) is 5. The van der Waals surface area contributed by atoms with Crippen molar-refractivity contribution in [3.05, 3.63) is 70.0 Å². The second-order valence-corrected chi connectivity index (χ2v) is 5.27.